The van der Waals surface area contributed by atoms with Crippen LogP contribution in [0.2, 0.25) is 0 Å². The number of likely N-dealkylation sites (tertiary alicyclic amines) is 1. The van der Waals surface area contributed by atoms with E-state index in [1.54, 1.807) is 11.3 Å². The molecule has 1 aromatic heterocycles. The summed E-state index contributed by atoms with van der Waals surface area (Å²) in [5.41, 5.74) is 1.07. The molecule has 2 aliphatic heterocycles. The Balaban J connectivity index is 1.51. The Morgan fingerprint density at radius 1 is 1.27 bits per heavy atom. The molecule has 0 unspecified atom stereocenters. The largest absolute Gasteiger partial charge is 0.368 e. The molecule has 5 heteroatoms. The zero-order valence-corrected chi connectivity index (χ0v) is 13.3. The quantitative estimate of drug-likeness (QED) is 0.854. The van der Waals surface area contributed by atoms with E-state index in [2.05, 4.69) is 18.2 Å². The predicted molar refractivity (Wildman–Crippen MR) is 87.1 cm³/mol. The first-order chi connectivity index (χ1) is 10.8. The number of carbonyl (C=O) groups excluding carboxylic acids is 1. The number of carbonyl (C=O) groups is 1. The van der Waals surface area contributed by atoms with Crippen molar-refractivity contribution in [3.05, 3.63) is 29.3 Å². The van der Waals surface area contributed by atoms with Crippen molar-refractivity contribution in [2.45, 2.75) is 37.7 Å². The zero-order valence-electron chi connectivity index (χ0n) is 12.5. The lowest BCUT2D eigenvalue weighted by molar-refractivity contribution is -0.142. The summed E-state index contributed by atoms with van der Waals surface area (Å²) in [6, 6.07) is 8.26. The first-order valence-electron chi connectivity index (χ1n) is 8.07. The number of fused-ring (bicyclic) bond motifs is 1. The highest BCUT2D eigenvalue weighted by atomic mass is 32.1. The van der Waals surface area contributed by atoms with Crippen molar-refractivity contribution in [2.75, 3.05) is 19.7 Å². The molecule has 2 aromatic rings. The maximum atomic E-state index is 12.5. The van der Waals surface area contributed by atoms with Crippen molar-refractivity contribution in [3.63, 3.8) is 0 Å². The summed E-state index contributed by atoms with van der Waals surface area (Å²) in [6.45, 7) is 2.38. The first-order valence-corrected chi connectivity index (χ1v) is 8.89. The van der Waals surface area contributed by atoms with Gasteiger partial charge in [-0.15, -0.1) is 11.3 Å². The molecule has 2 atom stereocenters. The van der Waals surface area contributed by atoms with E-state index in [1.165, 1.54) is 9.71 Å². The maximum absolute atomic E-state index is 12.5. The van der Waals surface area contributed by atoms with E-state index >= 15 is 0 Å². The Morgan fingerprint density at radius 3 is 3.00 bits per heavy atom. The van der Waals surface area contributed by atoms with E-state index in [0.717, 1.165) is 50.9 Å². The maximum Gasteiger partial charge on any atom is 0.251 e. The number of nitrogens with zero attached hydrogens (tertiary/aromatic N) is 2. The average molecular weight is 316 g/mol. The van der Waals surface area contributed by atoms with Gasteiger partial charge in [0.1, 0.15) is 6.10 Å². The molecule has 0 bridgehead atoms. The van der Waals surface area contributed by atoms with Gasteiger partial charge in [-0.05, 0) is 37.8 Å². The van der Waals surface area contributed by atoms with Crippen molar-refractivity contribution in [1.29, 1.82) is 0 Å². The van der Waals surface area contributed by atoms with Crippen LogP contribution < -0.4 is 0 Å². The highest BCUT2D eigenvalue weighted by Crippen LogP contribution is 2.33. The van der Waals surface area contributed by atoms with E-state index in [-0.39, 0.29) is 12.0 Å². The molecule has 1 amide bonds. The fourth-order valence-corrected chi connectivity index (χ4v) is 4.51. The minimum Gasteiger partial charge on any atom is -0.368 e. The summed E-state index contributed by atoms with van der Waals surface area (Å²) >= 11 is 1.77. The van der Waals surface area contributed by atoms with Gasteiger partial charge in [-0.2, -0.15) is 0 Å². The van der Waals surface area contributed by atoms with E-state index in [1.807, 2.05) is 11.0 Å². The summed E-state index contributed by atoms with van der Waals surface area (Å²) < 4.78 is 6.79. The predicted octanol–water partition coefficient (Wildman–Crippen LogP) is 3.18. The lowest BCUT2D eigenvalue weighted by Crippen LogP contribution is -2.44. The molecule has 0 N–H and O–H groups in total. The van der Waals surface area contributed by atoms with E-state index < -0.39 is 0 Å². The number of benzene rings is 1. The fraction of sp³-hybridized carbons (Fsp3) is 0.529. The lowest BCUT2D eigenvalue weighted by Gasteiger charge is -2.33. The van der Waals surface area contributed by atoms with Crippen LogP contribution >= 0.6 is 11.3 Å². The number of amides is 1. The molecular formula is C17H20N2O2S. The van der Waals surface area contributed by atoms with Crippen LogP contribution in [-0.2, 0) is 9.53 Å². The second-order valence-corrected chi connectivity index (χ2v) is 7.21. The summed E-state index contributed by atoms with van der Waals surface area (Å²) in [5, 5.41) is 1.17. The highest BCUT2D eigenvalue weighted by molar-refractivity contribution is 7.18. The van der Waals surface area contributed by atoms with E-state index in [4.69, 9.17) is 9.72 Å². The molecule has 4 nitrogen and oxygen atoms in total. The third kappa shape index (κ3) is 2.63. The molecule has 116 valence electrons. The number of piperidine rings is 1. The molecule has 2 saturated heterocycles. The summed E-state index contributed by atoms with van der Waals surface area (Å²) in [6.07, 6.45) is 3.86. The van der Waals surface area contributed by atoms with Crippen LogP contribution in [0.25, 0.3) is 10.2 Å². The minimum absolute atomic E-state index is 0.184. The molecule has 1 aromatic carbocycles. The third-order valence-corrected chi connectivity index (χ3v) is 5.80. The lowest BCUT2D eigenvalue weighted by atomic mass is 9.98. The fourth-order valence-electron chi connectivity index (χ4n) is 3.42. The van der Waals surface area contributed by atoms with Crippen molar-refractivity contribution in [2.24, 2.45) is 0 Å². The van der Waals surface area contributed by atoms with E-state index in [9.17, 15) is 4.79 Å². The molecule has 0 spiro atoms. The summed E-state index contributed by atoms with van der Waals surface area (Å²) in [5.74, 6) is 0.555. The van der Waals surface area contributed by atoms with Gasteiger partial charge in [-0.1, -0.05) is 12.1 Å². The number of aromatic nitrogens is 1. The molecule has 0 saturated carbocycles. The SMILES string of the molecule is O=C([C@H]1CCCO1)N1CCC[C@@H](c2nc3ccccc3s2)C1. The molecule has 2 fully saturated rings. The van der Waals surface area contributed by atoms with Crippen molar-refractivity contribution < 1.29 is 9.53 Å². The van der Waals surface area contributed by atoms with Crippen LogP contribution in [0.3, 0.4) is 0 Å². The van der Waals surface area contributed by atoms with Gasteiger partial charge < -0.3 is 9.64 Å². The Kier molecular flexibility index (Phi) is 3.84. The third-order valence-electron chi connectivity index (χ3n) is 4.60. The van der Waals surface area contributed by atoms with E-state index in [0.29, 0.717) is 5.92 Å². The standard InChI is InChI=1S/C17H20N2O2S/c20-17(14-7-4-10-21-14)19-9-3-5-12(11-19)16-18-13-6-1-2-8-15(13)22-16/h1-2,6,8,12,14H,3-5,7,9-11H2/t12-,14-/m1/s1. The number of para-hydroxylation sites is 1. The van der Waals surface area contributed by atoms with Crippen LogP contribution in [0, 0.1) is 0 Å². The van der Waals surface area contributed by atoms with Gasteiger partial charge in [0.05, 0.1) is 15.2 Å². The molecule has 3 heterocycles. The van der Waals surface area contributed by atoms with Gasteiger partial charge in [0.15, 0.2) is 0 Å². The molecule has 22 heavy (non-hydrogen) atoms. The number of hydrogen-bond acceptors (Lipinski definition) is 4. The summed E-state index contributed by atoms with van der Waals surface area (Å²) in [7, 11) is 0. The van der Waals surface area contributed by atoms with Gasteiger partial charge in [0.25, 0.3) is 5.91 Å². The highest BCUT2D eigenvalue weighted by Gasteiger charge is 2.32. The minimum atomic E-state index is -0.200. The Hall–Kier alpha value is -1.46. The number of hydrogen-bond donors (Lipinski definition) is 0. The van der Waals surface area contributed by atoms with Crippen LogP contribution in [0.15, 0.2) is 24.3 Å². The Bertz CT molecular complexity index is 645. The second kappa shape index (κ2) is 5.97. The Morgan fingerprint density at radius 2 is 2.18 bits per heavy atom. The zero-order chi connectivity index (χ0) is 14.9. The average Bonchev–Trinajstić information content (AvgIpc) is 3.23. The van der Waals surface area contributed by atoms with Crippen LogP contribution in [0.5, 0.6) is 0 Å². The number of ether oxygens (including phenoxy) is 1. The van der Waals surface area contributed by atoms with Crippen LogP contribution in [-0.4, -0.2) is 41.6 Å². The molecule has 0 radical (unpaired) electrons. The van der Waals surface area contributed by atoms with Crippen LogP contribution in [0.4, 0.5) is 0 Å². The van der Waals surface area contributed by atoms with Gasteiger partial charge >= 0.3 is 0 Å². The topological polar surface area (TPSA) is 42.4 Å². The first kappa shape index (κ1) is 14.2. The number of thiazole rings is 1. The summed E-state index contributed by atoms with van der Waals surface area (Å²) in [4.78, 5) is 19.3. The van der Waals surface area contributed by atoms with Crippen molar-refractivity contribution >= 4 is 27.5 Å². The second-order valence-electron chi connectivity index (χ2n) is 6.14. The van der Waals surface area contributed by atoms with Gasteiger partial charge in [-0.25, -0.2) is 4.98 Å². The van der Waals surface area contributed by atoms with Crippen molar-refractivity contribution in [3.8, 4) is 0 Å². The molecule has 2 aliphatic rings. The molecular weight excluding hydrogens is 296 g/mol. The van der Waals surface area contributed by atoms with Gasteiger partial charge in [0.2, 0.25) is 0 Å². The monoisotopic (exact) mass is 316 g/mol. The van der Waals surface area contributed by atoms with Crippen LogP contribution in [0.1, 0.15) is 36.6 Å². The Labute approximate surface area is 134 Å². The van der Waals surface area contributed by atoms with Crippen molar-refractivity contribution in [1.82, 2.24) is 9.88 Å². The molecule has 0 aliphatic carbocycles. The van der Waals surface area contributed by atoms with Gasteiger partial charge in [-0.3, -0.25) is 4.79 Å². The number of rotatable bonds is 2. The van der Waals surface area contributed by atoms with Gasteiger partial charge in [0, 0.05) is 25.6 Å². The normalized spacial score (nSPS) is 25.7. The molecule has 4 rings (SSSR count). The smallest absolute Gasteiger partial charge is 0.251 e.